The molecule has 0 radical (unpaired) electrons. The van der Waals surface area contributed by atoms with Crippen molar-refractivity contribution >= 4 is 61.8 Å². The molecule has 0 saturated carbocycles. The first-order valence-electron chi connectivity index (χ1n) is 16.6. The predicted molar refractivity (Wildman–Crippen MR) is 188 cm³/mol. The Morgan fingerprint density at radius 2 is 1.96 bits per heavy atom. The number of nitrogens with zero attached hydrogens (tertiary/aromatic N) is 5. The number of ketones is 1. The van der Waals surface area contributed by atoms with Crippen LogP contribution in [0.1, 0.15) is 56.1 Å². The molecule has 4 heterocycles. The number of thiazole rings is 1. The Labute approximate surface area is 308 Å². The largest absolute Gasteiger partial charge is 0.489 e. The minimum atomic E-state index is -5.01. The number of amides is 2. The summed E-state index contributed by atoms with van der Waals surface area (Å²) in [6.07, 6.45) is 3.65. The lowest BCUT2D eigenvalue weighted by Crippen LogP contribution is -2.68. The third-order valence-electron chi connectivity index (χ3n) is 8.74. The molecule has 1 aromatic carbocycles. The van der Waals surface area contributed by atoms with Crippen LogP contribution in [-0.4, -0.2) is 93.4 Å². The maximum Gasteiger partial charge on any atom is 0.418 e. The minimum Gasteiger partial charge on any atom is -0.489 e. The van der Waals surface area contributed by atoms with Crippen LogP contribution in [0, 0.1) is 11.8 Å². The maximum absolute atomic E-state index is 13.4. The molecular weight excluding hydrogens is 737 g/mol. The van der Waals surface area contributed by atoms with E-state index in [0.717, 1.165) is 50.4 Å². The van der Waals surface area contributed by atoms with Crippen LogP contribution >= 0.6 is 11.3 Å². The number of aliphatic carboxylic acids is 1. The number of hydrogen-bond donors (Lipinski definition) is 5. The number of oxime groups is 1. The van der Waals surface area contributed by atoms with Crippen LogP contribution < -0.4 is 25.8 Å². The molecule has 0 bridgehead atoms. The molecular formula is C32H41N8O11S2+. The predicted octanol–water partition coefficient (Wildman–Crippen LogP) is 1.27. The topological polar surface area (TPSA) is 258 Å². The van der Waals surface area contributed by atoms with Crippen LogP contribution in [0.15, 0.2) is 47.2 Å². The molecule has 2 amide bonds. The Morgan fingerprint density at radius 3 is 2.53 bits per heavy atom. The maximum atomic E-state index is 13.4. The van der Waals surface area contributed by atoms with Crippen LogP contribution in [0.2, 0.25) is 0 Å². The van der Waals surface area contributed by atoms with Gasteiger partial charge in [0, 0.05) is 36.4 Å². The number of carbonyl (C=O) groups excluding carboxylic acids is 3. The van der Waals surface area contributed by atoms with E-state index in [0.29, 0.717) is 22.2 Å². The average Bonchev–Trinajstić information content (AvgIpc) is 3.68. The number of Topliss-reactive ketones (excluding diaryl/α,β-unsaturated/α-hetero) is 1. The van der Waals surface area contributed by atoms with E-state index >= 15 is 0 Å². The van der Waals surface area contributed by atoms with Gasteiger partial charge in [-0.25, -0.2) is 9.78 Å². The smallest absolute Gasteiger partial charge is 0.418 e. The quantitative estimate of drug-likeness (QED) is 0.0378. The van der Waals surface area contributed by atoms with Gasteiger partial charge in [0.2, 0.25) is 6.20 Å². The van der Waals surface area contributed by atoms with Crippen LogP contribution in [-0.2, 0) is 47.0 Å². The number of rotatable bonds is 19. The van der Waals surface area contributed by atoms with E-state index < -0.39 is 64.4 Å². The number of β-lactam (4-membered cyclic amide) rings is 1. The Balaban J connectivity index is 1.21. The highest BCUT2D eigenvalue weighted by Gasteiger charge is 2.57. The lowest BCUT2D eigenvalue weighted by Gasteiger charge is -2.50. The molecule has 0 aliphatic carbocycles. The fraction of sp³-hybridized carbons (Fsp3) is 0.469. The van der Waals surface area contributed by atoms with E-state index in [1.54, 1.807) is 0 Å². The molecule has 3 aromatic rings. The lowest BCUT2D eigenvalue weighted by molar-refractivity contribution is -0.781. The first kappa shape index (κ1) is 39.3. The summed E-state index contributed by atoms with van der Waals surface area (Å²) in [7, 11) is -5.01. The van der Waals surface area contributed by atoms with Gasteiger partial charge in [0.05, 0.1) is 24.2 Å². The Kier molecular flexibility index (Phi) is 12.1. The van der Waals surface area contributed by atoms with Crippen LogP contribution in [0.4, 0.5) is 10.8 Å². The number of carboxylic acids is 1. The molecule has 2 aliphatic heterocycles. The second-order valence-electron chi connectivity index (χ2n) is 13.1. The summed E-state index contributed by atoms with van der Waals surface area (Å²) in [5.41, 5.74) is 4.91. The highest BCUT2D eigenvalue weighted by molar-refractivity contribution is 7.80. The minimum absolute atomic E-state index is 0.0463. The number of carboxylic acid groups (broad SMARTS) is 1. The number of benzene rings is 1. The Bertz CT molecular complexity index is 1970. The van der Waals surface area contributed by atoms with Gasteiger partial charge >= 0.3 is 16.4 Å². The number of aromatic nitrogens is 3. The summed E-state index contributed by atoms with van der Waals surface area (Å²) >= 11 is 0.971. The van der Waals surface area contributed by atoms with Crippen molar-refractivity contribution in [2.45, 2.75) is 64.8 Å². The number of nitrogens with one attached hydrogen (secondary N) is 2. The van der Waals surface area contributed by atoms with Gasteiger partial charge < -0.3 is 31.0 Å². The second kappa shape index (κ2) is 16.4. The number of aryl methyl sites for hydroxylation is 1. The van der Waals surface area contributed by atoms with E-state index in [-0.39, 0.29) is 22.5 Å². The van der Waals surface area contributed by atoms with E-state index in [1.165, 1.54) is 43.5 Å². The van der Waals surface area contributed by atoms with Gasteiger partial charge in [-0.3, -0.25) is 18.9 Å². The van der Waals surface area contributed by atoms with Crippen LogP contribution in [0.3, 0.4) is 0 Å². The zero-order valence-corrected chi connectivity index (χ0v) is 30.8. The molecule has 2 saturated heterocycles. The second-order valence-corrected chi connectivity index (χ2v) is 15.0. The summed E-state index contributed by atoms with van der Waals surface area (Å²) in [5, 5.41) is 21.7. The SMILES string of the molecule is CCCCn1cc(NC(=O)c2ccc(OC[C@H](O/N=C(\C(=O)C[C@@H]3C(=O)N(OS(=O)(=O)O)C3(C)C)c3csc(N)n3)C(=O)O)cc2)c[n+]1CC1CNC1. The molecule has 2 fully saturated rings. The molecule has 6 N–H and O–H groups in total. The summed E-state index contributed by atoms with van der Waals surface area (Å²) < 4.78 is 45.5. The highest BCUT2D eigenvalue weighted by Crippen LogP contribution is 2.40. The van der Waals surface area contributed by atoms with Crippen molar-refractivity contribution in [1.82, 2.24) is 20.0 Å². The van der Waals surface area contributed by atoms with Crippen LogP contribution in [0.5, 0.6) is 5.75 Å². The molecule has 19 nitrogen and oxygen atoms in total. The molecule has 0 unspecified atom stereocenters. The number of hydrogen-bond acceptors (Lipinski definition) is 14. The average molecular weight is 778 g/mol. The van der Waals surface area contributed by atoms with Gasteiger partial charge in [0.1, 0.15) is 23.7 Å². The number of nitrogen functional groups attached to an aromatic ring is 1. The van der Waals surface area contributed by atoms with Crippen LogP contribution in [0.25, 0.3) is 0 Å². The summed E-state index contributed by atoms with van der Waals surface area (Å²) in [6.45, 7) is 8.00. The molecule has 53 heavy (non-hydrogen) atoms. The zero-order chi connectivity index (χ0) is 38.5. The van der Waals surface area contributed by atoms with Crippen molar-refractivity contribution < 1.29 is 55.8 Å². The number of carbonyl (C=O) groups is 4. The van der Waals surface area contributed by atoms with Gasteiger partial charge in [0.25, 0.3) is 17.9 Å². The van der Waals surface area contributed by atoms with Crippen molar-refractivity contribution in [3.05, 3.63) is 53.3 Å². The number of hydroxylamine groups is 2. The van der Waals surface area contributed by atoms with Crippen molar-refractivity contribution in [3.8, 4) is 5.75 Å². The summed E-state index contributed by atoms with van der Waals surface area (Å²) in [4.78, 5) is 60.3. The third-order valence-corrected chi connectivity index (χ3v) is 9.75. The Hall–Kier alpha value is -4.96. The lowest BCUT2D eigenvalue weighted by atomic mass is 9.74. The van der Waals surface area contributed by atoms with Crippen molar-refractivity contribution in [2.24, 2.45) is 17.0 Å². The van der Waals surface area contributed by atoms with Gasteiger partial charge in [-0.05, 0) is 44.5 Å². The van der Waals surface area contributed by atoms with E-state index in [9.17, 15) is 32.7 Å². The molecule has 0 spiro atoms. The molecule has 21 heteroatoms. The standard InChI is InChI=1S/C32H40N8O11S2/c1-4-5-10-38-15-21(16-39(38)14-19-12-34-13-19)35-28(42)20-6-8-22(9-7-20)49-17-26(30(44)45)50-37-27(24-18-52-31(33)36-24)25(41)11-23-29(43)40(32(23,2)3)51-53(46,47)48/h6-9,15-16,18-19,23,26,34H,4-5,10-14,17H2,1-3H3,(H4-,33,35,36,42,44,45,46,47,48)/p+1/b37-27-/t23-,26+/m1/s1. The molecule has 2 aliphatic rings. The highest BCUT2D eigenvalue weighted by atomic mass is 32.3. The molecule has 2 atom stereocenters. The van der Waals surface area contributed by atoms with Gasteiger partial charge in [0.15, 0.2) is 23.2 Å². The van der Waals surface area contributed by atoms with Crippen molar-refractivity contribution in [2.75, 3.05) is 30.7 Å². The first-order chi connectivity index (χ1) is 25.0. The van der Waals surface area contributed by atoms with Crippen molar-refractivity contribution in [3.63, 3.8) is 0 Å². The van der Waals surface area contributed by atoms with E-state index in [1.807, 2.05) is 12.4 Å². The fourth-order valence-electron chi connectivity index (χ4n) is 5.61. The summed E-state index contributed by atoms with van der Waals surface area (Å²) in [6, 6.07) is 6.03. The van der Waals surface area contributed by atoms with Gasteiger partial charge in [-0.15, -0.1) is 20.3 Å². The normalized spacial score (nSPS) is 17.8. The summed E-state index contributed by atoms with van der Waals surface area (Å²) in [5.74, 6) is -3.84. The van der Waals surface area contributed by atoms with E-state index in [2.05, 4.69) is 41.3 Å². The molecule has 286 valence electrons. The number of unbranched alkanes of at least 4 members (excludes halogenated alkanes) is 1. The third kappa shape index (κ3) is 9.73. The fourth-order valence-corrected chi connectivity index (χ4v) is 6.61. The molecule has 2 aromatic heterocycles. The van der Waals surface area contributed by atoms with Gasteiger partial charge in [-0.1, -0.05) is 18.5 Å². The number of nitrogens with two attached hydrogens (primary N) is 1. The van der Waals surface area contributed by atoms with E-state index in [4.69, 9.17) is 19.9 Å². The number of ether oxygens (including phenoxy) is 1. The van der Waals surface area contributed by atoms with Crippen molar-refractivity contribution in [1.29, 1.82) is 0 Å². The number of anilines is 2. The monoisotopic (exact) mass is 777 g/mol. The molecule has 5 rings (SSSR count). The zero-order valence-electron chi connectivity index (χ0n) is 29.1. The van der Waals surface area contributed by atoms with Gasteiger partial charge in [-0.2, -0.15) is 18.2 Å². The Morgan fingerprint density at radius 1 is 1.25 bits per heavy atom. The first-order valence-corrected chi connectivity index (χ1v) is 18.9.